The van der Waals surface area contributed by atoms with Gasteiger partial charge in [-0.2, -0.15) is 0 Å². The van der Waals surface area contributed by atoms with Crippen molar-refractivity contribution in [1.82, 2.24) is 15.2 Å². The highest BCUT2D eigenvalue weighted by molar-refractivity contribution is 5.92. The summed E-state index contributed by atoms with van der Waals surface area (Å²) in [6.45, 7) is 5.66. The molecular formula is C16H19N3O2. The summed E-state index contributed by atoms with van der Waals surface area (Å²) in [7, 11) is 0. The average Bonchev–Trinajstić information content (AvgIpc) is 2.86. The first kappa shape index (κ1) is 13.8. The predicted molar refractivity (Wildman–Crippen MR) is 79.1 cm³/mol. The van der Waals surface area contributed by atoms with Crippen LogP contribution < -0.4 is 5.32 Å². The molecule has 5 nitrogen and oxygen atoms in total. The Morgan fingerprint density at radius 3 is 2.76 bits per heavy atom. The monoisotopic (exact) mass is 285 g/mol. The number of rotatable bonds is 2. The van der Waals surface area contributed by atoms with E-state index in [2.05, 4.69) is 22.4 Å². The van der Waals surface area contributed by atoms with Crippen LogP contribution in [0.15, 0.2) is 34.7 Å². The molecule has 1 atom stereocenters. The van der Waals surface area contributed by atoms with E-state index in [0.717, 1.165) is 6.54 Å². The lowest BCUT2D eigenvalue weighted by Gasteiger charge is -2.33. The number of nitrogens with zero attached hydrogens (tertiary/aromatic N) is 2. The molecule has 110 valence electrons. The number of benzene rings is 1. The summed E-state index contributed by atoms with van der Waals surface area (Å²) in [5, 5.41) is 3.45. The minimum atomic E-state index is -0.0736. The van der Waals surface area contributed by atoms with Gasteiger partial charge >= 0.3 is 0 Å². The smallest absolute Gasteiger partial charge is 0.291 e. The lowest BCUT2D eigenvalue weighted by atomic mass is 10.0. The second kappa shape index (κ2) is 5.69. The summed E-state index contributed by atoms with van der Waals surface area (Å²) >= 11 is 0. The molecule has 21 heavy (non-hydrogen) atoms. The maximum atomic E-state index is 12.6. The lowest BCUT2D eigenvalue weighted by Crippen LogP contribution is -2.48. The van der Waals surface area contributed by atoms with Crippen LogP contribution in [0.4, 0.5) is 0 Å². The summed E-state index contributed by atoms with van der Waals surface area (Å²) in [6, 6.07) is 10.3. The fraction of sp³-hybridized carbons (Fsp3) is 0.375. The van der Waals surface area contributed by atoms with Gasteiger partial charge in [0.1, 0.15) is 0 Å². The van der Waals surface area contributed by atoms with Crippen molar-refractivity contribution < 1.29 is 9.21 Å². The fourth-order valence-corrected chi connectivity index (χ4v) is 2.72. The molecule has 0 saturated carbocycles. The number of aromatic nitrogens is 1. The van der Waals surface area contributed by atoms with Crippen molar-refractivity contribution in [3.05, 3.63) is 53.2 Å². The highest BCUT2D eigenvalue weighted by Crippen LogP contribution is 2.20. The SMILES string of the molecule is Cc1nc(C)c(C(=O)N2CCN[C@@H](c3ccccc3)C2)o1. The molecule has 1 aromatic heterocycles. The topological polar surface area (TPSA) is 58.4 Å². The third kappa shape index (κ3) is 2.83. The van der Waals surface area contributed by atoms with Crippen LogP contribution in [-0.4, -0.2) is 35.4 Å². The minimum Gasteiger partial charge on any atom is -0.436 e. The summed E-state index contributed by atoms with van der Waals surface area (Å²) < 4.78 is 5.45. The van der Waals surface area contributed by atoms with Gasteiger partial charge in [-0.15, -0.1) is 0 Å². The average molecular weight is 285 g/mol. The molecule has 1 aliphatic heterocycles. The van der Waals surface area contributed by atoms with Gasteiger partial charge in [0, 0.05) is 32.6 Å². The van der Waals surface area contributed by atoms with Gasteiger partial charge in [-0.25, -0.2) is 4.98 Å². The first-order valence-corrected chi connectivity index (χ1v) is 7.17. The number of piperazine rings is 1. The molecule has 2 heterocycles. The van der Waals surface area contributed by atoms with E-state index >= 15 is 0 Å². The number of carbonyl (C=O) groups is 1. The second-order valence-electron chi connectivity index (χ2n) is 5.32. The third-order valence-electron chi connectivity index (χ3n) is 3.76. The highest BCUT2D eigenvalue weighted by atomic mass is 16.4. The van der Waals surface area contributed by atoms with Gasteiger partial charge < -0.3 is 14.6 Å². The molecule has 1 amide bonds. The quantitative estimate of drug-likeness (QED) is 0.918. The molecule has 1 fully saturated rings. The Labute approximate surface area is 124 Å². The standard InChI is InChI=1S/C16H19N3O2/c1-11-15(21-12(2)18-11)16(20)19-9-8-17-14(10-19)13-6-4-3-5-7-13/h3-7,14,17H,8-10H2,1-2H3/t14-/m1/s1. The van der Waals surface area contributed by atoms with E-state index in [9.17, 15) is 4.79 Å². The van der Waals surface area contributed by atoms with Crippen molar-refractivity contribution >= 4 is 5.91 Å². The van der Waals surface area contributed by atoms with Crippen molar-refractivity contribution in [2.75, 3.05) is 19.6 Å². The van der Waals surface area contributed by atoms with Crippen LogP contribution in [0.5, 0.6) is 0 Å². The van der Waals surface area contributed by atoms with Gasteiger partial charge in [-0.05, 0) is 12.5 Å². The van der Waals surface area contributed by atoms with E-state index in [1.165, 1.54) is 5.56 Å². The van der Waals surface area contributed by atoms with Gasteiger partial charge in [-0.3, -0.25) is 4.79 Å². The summed E-state index contributed by atoms with van der Waals surface area (Å²) in [4.78, 5) is 18.6. The molecule has 0 bridgehead atoms. The van der Waals surface area contributed by atoms with Crippen molar-refractivity contribution in [2.24, 2.45) is 0 Å². The van der Waals surface area contributed by atoms with E-state index in [1.807, 2.05) is 23.1 Å². The number of aryl methyl sites for hydroxylation is 2. The fourth-order valence-electron chi connectivity index (χ4n) is 2.72. The summed E-state index contributed by atoms with van der Waals surface area (Å²) in [5.74, 6) is 0.822. The highest BCUT2D eigenvalue weighted by Gasteiger charge is 2.28. The van der Waals surface area contributed by atoms with E-state index in [0.29, 0.717) is 30.4 Å². The molecular weight excluding hydrogens is 266 g/mol. The molecule has 1 aliphatic rings. The molecule has 3 rings (SSSR count). The summed E-state index contributed by atoms with van der Waals surface area (Å²) in [6.07, 6.45) is 0. The van der Waals surface area contributed by atoms with Crippen molar-refractivity contribution in [3.63, 3.8) is 0 Å². The van der Waals surface area contributed by atoms with Crippen LogP contribution >= 0.6 is 0 Å². The van der Waals surface area contributed by atoms with Gasteiger partial charge in [-0.1, -0.05) is 30.3 Å². The molecule has 0 aliphatic carbocycles. The van der Waals surface area contributed by atoms with E-state index in [-0.39, 0.29) is 11.9 Å². The zero-order chi connectivity index (χ0) is 14.8. The molecule has 0 radical (unpaired) electrons. The molecule has 1 N–H and O–H groups in total. The molecule has 5 heteroatoms. The van der Waals surface area contributed by atoms with Gasteiger partial charge in [0.05, 0.1) is 5.69 Å². The van der Waals surface area contributed by atoms with Gasteiger partial charge in [0.15, 0.2) is 5.89 Å². The first-order valence-electron chi connectivity index (χ1n) is 7.17. The summed E-state index contributed by atoms with van der Waals surface area (Å²) in [5.41, 5.74) is 1.85. The van der Waals surface area contributed by atoms with E-state index < -0.39 is 0 Å². The van der Waals surface area contributed by atoms with Gasteiger partial charge in [0.25, 0.3) is 5.91 Å². The van der Waals surface area contributed by atoms with Crippen molar-refractivity contribution in [3.8, 4) is 0 Å². The van der Waals surface area contributed by atoms with Crippen molar-refractivity contribution in [2.45, 2.75) is 19.9 Å². The Morgan fingerprint density at radius 2 is 2.10 bits per heavy atom. The number of nitrogens with one attached hydrogen (secondary N) is 1. The number of hydrogen-bond donors (Lipinski definition) is 1. The zero-order valence-electron chi connectivity index (χ0n) is 12.3. The number of carbonyl (C=O) groups excluding carboxylic acids is 1. The normalized spacial score (nSPS) is 18.8. The molecule has 0 unspecified atom stereocenters. The zero-order valence-corrected chi connectivity index (χ0v) is 12.3. The van der Waals surface area contributed by atoms with Gasteiger partial charge in [0.2, 0.25) is 5.76 Å². The number of amides is 1. The van der Waals surface area contributed by atoms with Crippen LogP contribution in [0.2, 0.25) is 0 Å². The Morgan fingerprint density at radius 1 is 1.33 bits per heavy atom. The Hall–Kier alpha value is -2.14. The maximum Gasteiger partial charge on any atom is 0.291 e. The second-order valence-corrected chi connectivity index (χ2v) is 5.32. The number of oxazole rings is 1. The lowest BCUT2D eigenvalue weighted by molar-refractivity contribution is 0.0668. The molecule has 1 saturated heterocycles. The molecule has 2 aromatic rings. The van der Waals surface area contributed by atoms with E-state index in [1.54, 1.807) is 13.8 Å². The Kier molecular flexibility index (Phi) is 3.75. The van der Waals surface area contributed by atoms with E-state index in [4.69, 9.17) is 4.42 Å². The largest absolute Gasteiger partial charge is 0.436 e. The van der Waals surface area contributed by atoms with Crippen LogP contribution in [0, 0.1) is 13.8 Å². The van der Waals surface area contributed by atoms with Crippen LogP contribution in [0.1, 0.15) is 33.7 Å². The maximum absolute atomic E-state index is 12.6. The Balaban J connectivity index is 1.77. The first-order chi connectivity index (χ1) is 10.1. The van der Waals surface area contributed by atoms with Crippen molar-refractivity contribution in [1.29, 1.82) is 0 Å². The molecule has 1 aromatic carbocycles. The van der Waals surface area contributed by atoms with Crippen LogP contribution in [-0.2, 0) is 0 Å². The minimum absolute atomic E-state index is 0.0736. The van der Waals surface area contributed by atoms with Crippen LogP contribution in [0.3, 0.4) is 0 Å². The number of hydrogen-bond acceptors (Lipinski definition) is 4. The molecule has 0 spiro atoms. The van der Waals surface area contributed by atoms with Crippen LogP contribution in [0.25, 0.3) is 0 Å². The Bertz CT molecular complexity index is 636. The predicted octanol–water partition coefficient (Wildman–Crippen LogP) is 2.08. The third-order valence-corrected chi connectivity index (χ3v) is 3.76.